The lowest BCUT2D eigenvalue weighted by Gasteiger charge is -2.15. The van der Waals surface area contributed by atoms with Crippen molar-refractivity contribution in [3.05, 3.63) is 82.3 Å². The Hall–Kier alpha value is -2.93. The third-order valence-corrected chi connectivity index (χ3v) is 3.61. The molecule has 0 saturated heterocycles. The molecule has 0 amide bonds. The van der Waals surface area contributed by atoms with E-state index in [1.807, 2.05) is 49.4 Å². The summed E-state index contributed by atoms with van der Waals surface area (Å²) in [4.78, 5) is 10.8. The maximum Gasteiger partial charge on any atom is 0.203 e. The molecular formula is C19H18N2O2. The van der Waals surface area contributed by atoms with Gasteiger partial charge in [0, 0.05) is 5.56 Å². The molecule has 4 heteroatoms. The Kier molecular flexibility index (Phi) is 5.65. The minimum absolute atomic E-state index is 0.277. The third-order valence-electron chi connectivity index (χ3n) is 3.61. The van der Waals surface area contributed by atoms with Crippen molar-refractivity contribution in [2.45, 2.75) is 26.0 Å². The van der Waals surface area contributed by atoms with Crippen LogP contribution in [0.4, 0.5) is 0 Å². The molecule has 0 bridgehead atoms. The highest BCUT2D eigenvalue weighted by molar-refractivity contribution is 5.42. The molecule has 0 aromatic heterocycles. The molecular weight excluding hydrogens is 288 g/mol. The van der Waals surface area contributed by atoms with Gasteiger partial charge in [0.2, 0.25) is 6.04 Å². The van der Waals surface area contributed by atoms with Crippen molar-refractivity contribution in [2.75, 3.05) is 0 Å². The van der Waals surface area contributed by atoms with Crippen molar-refractivity contribution in [3.63, 3.8) is 0 Å². The smallest absolute Gasteiger partial charge is 0.203 e. The van der Waals surface area contributed by atoms with Crippen LogP contribution in [0.1, 0.15) is 28.3 Å². The number of benzene rings is 2. The van der Waals surface area contributed by atoms with Gasteiger partial charge in [0.15, 0.2) is 0 Å². The molecule has 116 valence electrons. The van der Waals surface area contributed by atoms with Crippen molar-refractivity contribution in [3.8, 4) is 11.8 Å². The molecule has 1 unspecified atom stereocenters. The first-order valence-electron chi connectivity index (χ1n) is 7.33. The molecule has 0 heterocycles. The van der Waals surface area contributed by atoms with Gasteiger partial charge < -0.3 is 4.74 Å². The molecule has 2 aromatic rings. The monoisotopic (exact) mass is 306 g/mol. The zero-order valence-corrected chi connectivity index (χ0v) is 13.0. The SMILES string of the molecule is C=CCc1cccc(C)c1OCc1ccccc1C(C#N)N=O. The second-order valence-electron chi connectivity index (χ2n) is 5.18. The number of para-hydroxylation sites is 1. The van der Waals surface area contributed by atoms with Gasteiger partial charge in [-0.2, -0.15) is 5.26 Å². The van der Waals surface area contributed by atoms with E-state index in [0.29, 0.717) is 5.56 Å². The minimum atomic E-state index is -1.01. The van der Waals surface area contributed by atoms with Crippen LogP contribution in [0.3, 0.4) is 0 Å². The van der Waals surface area contributed by atoms with Gasteiger partial charge in [-0.1, -0.05) is 48.5 Å². The first-order valence-corrected chi connectivity index (χ1v) is 7.33. The van der Waals surface area contributed by atoms with Gasteiger partial charge in [-0.3, -0.25) is 0 Å². The average Bonchev–Trinajstić information content (AvgIpc) is 2.57. The molecule has 0 saturated carbocycles. The maximum atomic E-state index is 10.8. The van der Waals surface area contributed by atoms with Gasteiger partial charge in [-0.25, -0.2) is 0 Å². The Morgan fingerprint density at radius 2 is 2.00 bits per heavy atom. The fourth-order valence-electron chi connectivity index (χ4n) is 2.47. The summed E-state index contributed by atoms with van der Waals surface area (Å²) in [6, 6.07) is 14.1. The lowest BCUT2D eigenvalue weighted by molar-refractivity contribution is 0.300. The molecule has 0 N–H and O–H groups in total. The number of hydrogen-bond acceptors (Lipinski definition) is 4. The van der Waals surface area contributed by atoms with Crippen LogP contribution < -0.4 is 4.74 Å². The van der Waals surface area contributed by atoms with Crippen molar-refractivity contribution in [1.82, 2.24) is 0 Å². The first-order chi connectivity index (χ1) is 11.2. The number of hydrogen-bond donors (Lipinski definition) is 0. The van der Waals surface area contributed by atoms with Crippen LogP contribution in [0.5, 0.6) is 5.75 Å². The zero-order valence-electron chi connectivity index (χ0n) is 13.0. The summed E-state index contributed by atoms with van der Waals surface area (Å²) in [5.41, 5.74) is 3.46. The summed E-state index contributed by atoms with van der Waals surface area (Å²) in [5.74, 6) is 0.815. The number of rotatable bonds is 7. The summed E-state index contributed by atoms with van der Waals surface area (Å²) < 4.78 is 5.99. The van der Waals surface area contributed by atoms with Gasteiger partial charge >= 0.3 is 0 Å². The zero-order chi connectivity index (χ0) is 16.7. The molecule has 0 aliphatic heterocycles. The Balaban J connectivity index is 2.28. The fourth-order valence-corrected chi connectivity index (χ4v) is 2.47. The highest BCUT2D eigenvalue weighted by Gasteiger charge is 2.15. The van der Waals surface area contributed by atoms with Gasteiger partial charge in [0.05, 0.1) is 6.07 Å². The summed E-state index contributed by atoms with van der Waals surface area (Å²) in [6.45, 7) is 6.03. The molecule has 2 aromatic carbocycles. The van der Waals surface area contributed by atoms with E-state index >= 15 is 0 Å². The molecule has 0 aliphatic carbocycles. The van der Waals surface area contributed by atoms with E-state index in [-0.39, 0.29) is 6.61 Å². The summed E-state index contributed by atoms with van der Waals surface area (Å²) in [7, 11) is 0. The van der Waals surface area contributed by atoms with E-state index in [1.54, 1.807) is 12.1 Å². The topological polar surface area (TPSA) is 62.4 Å². The average molecular weight is 306 g/mol. The Labute approximate surface area is 136 Å². The van der Waals surface area contributed by atoms with E-state index in [0.717, 1.165) is 28.9 Å². The lowest BCUT2D eigenvalue weighted by atomic mass is 10.0. The third kappa shape index (κ3) is 3.83. The van der Waals surface area contributed by atoms with Crippen molar-refractivity contribution in [2.24, 2.45) is 5.18 Å². The second-order valence-corrected chi connectivity index (χ2v) is 5.18. The number of nitroso groups, excluding NO2 is 1. The fraction of sp³-hybridized carbons (Fsp3) is 0.211. The minimum Gasteiger partial charge on any atom is -0.488 e. The Morgan fingerprint density at radius 1 is 1.26 bits per heavy atom. The largest absolute Gasteiger partial charge is 0.488 e. The quantitative estimate of drug-likeness (QED) is 0.553. The van der Waals surface area contributed by atoms with Crippen molar-refractivity contribution < 1.29 is 4.74 Å². The second kappa shape index (κ2) is 7.90. The number of nitriles is 1. The highest BCUT2D eigenvalue weighted by atomic mass is 16.5. The predicted molar refractivity (Wildman–Crippen MR) is 90.0 cm³/mol. The van der Waals surface area contributed by atoms with Crippen LogP contribution in [0.15, 0.2) is 60.3 Å². The van der Waals surface area contributed by atoms with Crippen LogP contribution in [-0.2, 0) is 13.0 Å². The molecule has 1 atom stereocenters. The molecule has 0 spiro atoms. The first kappa shape index (κ1) is 16.4. The van der Waals surface area contributed by atoms with Crippen LogP contribution in [0.2, 0.25) is 0 Å². The van der Waals surface area contributed by atoms with E-state index < -0.39 is 6.04 Å². The van der Waals surface area contributed by atoms with Gasteiger partial charge in [-0.05, 0) is 35.2 Å². The lowest BCUT2D eigenvalue weighted by Crippen LogP contribution is -2.05. The number of nitrogens with zero attached hydrogens (tertiary/aromatic N) is 2. The summed E-state index contributed by atoms with van der Waals surface area (Å²) >= 11 is 0. The molecule has 0 radical (unpaired) electrons. The normalized spacial score (nSPS) is 11.3. The van der Waals surface area contributed by atoms with E-state index in [4.69, 9.17) is 10.00 Å². The molecule has 0 aliphatic rings. The van der Waals surface area contributed by atoms with Crippen LogP contribution in [-0.4, -0.2) is 0 Å². The van der Waals surface area contributed by atoms with E-state index in [2.05, 4.69) is 11.8 Å². The Bertz CT molecular complexity index is 747. The van der Waals surface area contributed by atoms with Gasteiger partial charge in [0.1, 0.15) is 12.4 Å². The summed E-state index contributed by atoms with van der Waals surface area (Å²) in [6.07, 6.45) is 2.55. The van der Waals surface area contributed by atoms with E-state index in [9.17, 15) is 4.91 Å². The molecule has 0 fully saturated rings. The highest BCUT2D eigenvalue weighted by Crippen LogP contribution is 2.27. The standard InChI is InChI=1S/C19H18N2O2/c1-3-7-15-10-6-8-14(2)19(15)23-13-16-9-4-5-11-17(16)18(12-20)21-22/h3-6,8-11,18H,1,7,13H2,2H3. The van der Waals surface area contributed by atoms with Crippen LogP contribution >= 0.6 is 0 Å². The number of ether oxygens (including phenoxy) is 1. The van der Waals surface area contributed by atoms with E-state index in [1.165, 1.54) is 0 Å². The van der Waals surface area contributed by atoms with Crippen LogP contribution in [0, 0.1) is 23.2 Å². The Morgan fingerprint density at radius 3 is 2.70 bits per heavy atom. The van der Waals surface area contributed by atoms with Gasteiger partial charge in [0.25, 0.3) is 0 Å². The maximum absolute atomic E-state index is 10.8. The van der Waals surface area contributed by atoms with Crippen LogP contribution in [0.25, 0.3) is 0 Å². The summed E-state index contributed by atoms with van der Waals surface area (Å²) in [5, 5.41) is 11.9. The molecule has 4 nitrogen and oxygen atoms in total. The van der Waals surface area contributed by atoms with Crippen molar-refractivity contribution >= 4 is 0 Å². The predicted octanol–water partition coefficient (Wildman–Crippen LogP) is 4.63. The number of allylic oxidation sites excluding steroid dienone is 1. The number of aryl methyl sites for hydroxylation is 1. The van der Waals surface area contributed by atoms with Crippen molar-refractivity contribution in [1.29, 1.82) is 5.26 Å². The molecule has 2 rings (SSSR count). The molecule has 23 heavy (non-hydrogen) atoms. The van der Waals surface area contributed by atoms with Gasteiger partial charge in [-0.15, -0.1) is 11.5 Å².